The van der Waals surface area contributed by atoms with Crippen LogP contribution in [0.25, 0.3) is 39.2 Å². The normalized spacial score (nSPS) is 17.9. The highest BCUT2D eigenvalue weighted by molar-refractivity contribution is 5.82. The molecule has 0 radical (unpaired) electrons. The third kappa shape index (κ3) is 3.77. The van der Waals surface area contributed by atoms with Gasteiger partial charge in [-0.05, 0) is 73.1 Å². The summed E-state index contributed by atoms with van der Waals surface area (Å²) in [5.41, 5.74) is 7.77. The molecule has 0 spiro atoms. The number of aromatic nitrogens is 4. The number of benzene rings is 2. The Morgan fingerprint density at radius 3 is 2.61 bits per heavy atom. The SMILES string of the molecule is Cc1ccc2c(c1)nc(-c1ccc(-c3ccn4ccnc4c3)cc1)n2C[C@@H]1CCN(C(=O)C2CC2)C1. The van der Waals surface area contributed by atoms with Crippen LogP contribution in [0.2, 0.25) is 0 Å². The molecular weight excluding hydrogens is 446 g/mol. The second-order valence-electron chi connectivity index (χ2n) is 10.4. The molecular formula is C30H29N5O. The highest BCUT2D eigenvalue weighted by Gasteiger charge is 2.36. The summed E-state index contributed by atoms with van der Waals surface area (Å²) in [6.45, 7) is 4.73. The first-order valence-corrected chi connectivity index (χ1v) is 12.9. The van der Waals surface area contributed by atoms with Crippen LogP contribution in [-0.4, -0.2) is 42.8 Å². The minimum absolute atomic E-state index is 0.295. The number of rotatable bonds is 5. The monoisotopic (exact) mass is 475 g/mol. The molecule has 1 atom stereocenters. The third-order valence-electron chi connectivity index (χ3n) is 7.74. The number of hydrogen-bond donors (Lipinski definition) is 0. The van der Waals surface area contributed by atoms with E-state index in [1.807, 2.05) is 23.0 Å². The number of pyridine rings is 1. The van der Waals surface area contributed by atoms with Gasteiger partial charge < -0.3 is 13.9 Å². The van der Waals surface area contributed by atoms with Gasteiger partial charge in [0.05, 0.1) is 11.0 Å². The van der Waals surface area contributed by atoms with Crippen LogP contribution >= 0.6 is 0 Å². The van der Waals surface area contributed by atoms with Gasteiger partial charge in [-0.1, -0.05) is 30.3 Å². The van der Waals surface area contributed by atoms with Gasteiger partial charge in [0.25, 0.3) is 0 Å². The Kier molecular flexibility index (Phi) is 4.94. The molecule has 3 aromatic heterocycles. The molecule has 1 saturated carbocycles. The first-order chi connectivity index (χ1) is 17.6. The molecule has 1 aliphatic heterocycles. The summed E-state index contributed by atoms with van der Waals surface area (Å²) >= 11 is 0. The summed E-state index contributed by atoms with van der Waals surface area (Å²) in [7, 11) is 0. The van der Waals surface area contributed by atoms with Gasteiger partial charge in [0.2, 0.25) is 5.91 Å². The zero-order chi connectivity index (χ0) is 24.2. The smallest absolute Gasteiger partial charge is 0.225 e. The van der Waals surface area contributed by atoms with Gasteiger partial charge in [-0.2, -0.15) is 0 Å². The highest BCUT2D eigenvalue weighted by atomic mass is 16.2. The molecule has 6 nitrogen and oxygen atoms in total. The maximum Gasteiger partial charge on any atom is 0.225 e. The lowest BCUT2D eigenvalue weighted by Gasteiger charge is -2.18. The number of aryl methyl sites for hydroxylation is 1. The molecule has 0 unspecified atom stereocenters. The van der Waals surface area contributed by atoms with Crippen LogP contribution in [0.4, 0.5) is 0 Å². The molecule has 2 fully saturated rings. The van der Waals surface area contributed by atoms with Crippen LogP contribution in [0.1, 0.15) is 24.8 Å². The number of amides is 1. The molecule has 7 rings (SSSR count). The number of fused-ring (bicyclic) bond motifs is 2. The predicted molar refractivity (Wildman–Crippen MR) is 142 cm³/mol. The van der Waals surface area contributed by atoms with Crippen molar-refractivity contribution in [2.75, 3.05) is 13.1 Å². The average molecular weight is 476 g/mol. The van der Waals surface area contributed by atoms with Crippen LogP contribution in [0.5, 0.6) is 0 Å². The predicted octanol–water partition coefficient (Wildman–Crippen LogP) is 5.58. The van der Waals surface area contributed by atoms with Crippen molar-refractivity contribution in [3.63, 3.8) is 0 Å². The van der Waals surface area contributed by atoms with E-state index in [1.165, 1.54) is 5.56 Å². The van der Waals surface area contributed by atoms with Crippen molar-refractivity contribution >= 4 is 22.6 Å². The van der Waals surface area contributed by atoms with Crippen LogP contribution in [-0.2, 0) is 11.3 Å². The lowest BCUT2D eigenvalue weighted by Crippen LogP contribution is -2.30. The van der Waals surface area contributed by atoms with Gasteiger partial charge in [0.15, 0.2) is 0 Å². The van der Waals surface area contributed by atoms with Gasteiger partial charge in [-0.15, -0.1) is 0 Å². The molecule has 4 heterocycles. The minimum atomic E-state index is 0.295. The van der Waals surface area contributed by atoms with Crippen molar-refractivity contribution in [1.29, 1.82) is 0 Å². The standard InChI is InChI=1S/C30H29N5O/c1-20-2-9-27-26(16-20)32-29(35(27)19-21-10-13-34(18-21)30(36)24-7-8-24)23-5-3-22(4-6-23)25-11-14-33-15-12-31-28(33)17-25/h2-6,9,11-12,14-17,21,24H,7-8,10,13,18-19H2,1H3/t21-/m1/s1. The molecule has 1 aliphatic carbocycles. The minimum Gasteiger partial charge on any atom is -0.342 e. The average Bonchev–Trinajstić information content (AvgIpc) is 3.30. The van der Waals surface area contributed by atoms with Crippen LogP contribution in [0.15, 0.2) is 73.2 Å². The van der Waals surface area contributed by atoms with E-state index >= 15 is 0 Å². The second kappa shape index (κ2) is 8.33. The number of nitrogens with zero attached hydrogens (tertiary/aromatic N) is 5. The highest BCUT2D eigenvalue weighted by Crippen LogP contribution is 2.34. The van der Waals surface area contributed by atoms with Crippen LogP contribution in [0.3, 0.4) is 0 Å². The van der Waals surface area contributed by atoms with E-state index < -0.39 is 0 Å². The second-order valence-corrected chi connectivity index (χ2v) is 10.4. The van der Waals surface area contributed by atoms with E-state index in [4.69, 9.17) is 4.98 Å². The summed E-state index contributed by atoms with van der Waals surface area (Å²) < 4.78 is 4.39. The fourth-order valence-corrected chi connectivity index (χ4v) is 5.58. The van der Waals surface area contributed by atoms with Crippen molar-refractivity contribution in [1.82, 2.24) is 23.8 Å². The third-order valence-corrected chi connectivity index (χ3v) is 7.74. The Morgan fingerprint density at radius 2 is 1.78 bits per heavy atom. The molecule has 0 bridgehead atoms. The van der Waals surface area contributed by atoms with Crippen molar-refractivity contribution in [2.45, 2.75) is 32.7 Å². The number of carbonyl (C=O) groups is 1. The van der Waals surface area contributed by atoms with Crippen LogP contribution < -0.4 is 0 Å². The summed E-state index contributed by atoms with van der Waals surface area (Å²) in [5.74, 6) is 2.11. The topological polar surface area (TPSA) is 55.4 Å². The molecule has 180 valence electrons. The summed E-state index contributed by atoms with van der Waals surface area (Å²) in [5, 5.41) is 0. The van der Waals surface area contributed by atoms with E-state index in [9.17, 15) is 4.79 Å². The first kappa shape index (κ1) is 21.4. The molecule has 5 aromatic rings. The lowest BCUT2D eigenvalue weighted by molar-refractivity contribution is -0.131. The molecule has 6 heteroatoms. The van der Waals surface area contributed by atoms with Crippen molar-refractivity contribution in [3.8, 4) is 22.5 Å². The largest absolute Gasteiger partial charge is 0.342 e. The Bertz CT molecular complexity index is 1590. The van der Waals surface area contributed by atoms with Gasteiger partial charge in [-0.25, -0.2) is 9.97 Å². The van der Waals surface area contributed by atoms with Gasteiger partial charge >= 0.3 is 0 Å². The zero-order valence-electron chi connectivity index (χ0n) is 20.5. The molecule has 36 heavy (non-hydrogen) atoms. The van der Waals surface area contributed by atoms with Gasteiger partial charge in [-0.3, -0.25) is 4.79 Å². The fraction of sp³-hybridized carbons (Fsp3) is 0.300. The Balaban J connectivity index is 1.21. The molecule has 2 aliphatic rings. The van der Waals surface area contributed by atoms with Gasteiger partial charge in [0, 0.05) is 49.7 Å². The molecule has 1 amide bonds. The number of hydrogen-bond acceptors (Lipinski definition) is 3. The Morgan fingerprint density at radius 1 is 0.944 bits per heavy atom. The molecule has 1 saturated heterocycles. The summed E-state index contributed by atoms with van der Waals surface area (Å²) in [4.78, 5) is 24.2. The molecule has 0 N–H and O–H groups in total. The maximum absolute atomic E-state index is 12.6. The van der Waals surface area contributed by atoms with E-state index in [0.29, 0.717) is 17.7 Å². The number of likely N-dealkylation sites (tertiary alicyclic amines) is 1. The Labute approximate surface area is 210 Å². The quantitative estimate of drug-likeness (QED) is 0.333. The Hall–Kier alpha value is -3.93. The number of carbonyl (C=O) groups excluding carboxylic acids is 1. The van der Waals surface area contributed by atoms with Crippen molar-refractivity contribution in [2.24, 2.45) is 11.8 Å². The summed E-state index contributed by atoms with van der Waals surface area (Å²) in [6, 6.07) is 19.4. The zero-order valence-corrected chi connectivity index (χ0v) is 20.5. The molecule has 2 aromatic carbocycles. The lowest BCUT2D eigenvalue weighted by atomic mass is 10.0. The van der Waals surface area contributed by atoms with E-state index in [2.05, 4.69) is 76.0 Å². The maximum atomic E-state index is 12.6. The summed E-state index contributed by atoms with van der Waals surface area (Å²) in [6.07, 6.45) is 9.02. The fourth-order valence-electron chi connectivity index (χ4n) is 5.58. The number of imidazole rings is 2. The van der Waals surface area contributed by atoms with Gasteiger partial charge in [0.1, 0.15) is 11.5 Å². The van der Waals surface area contributed by atoms with Crippen molar-refractivity contribution < 1.29 is 4.79 Å². The van der Waals surface area contributed by atoms with E-state index in [-0.39, 0.29) is 0 Å². The van der Waals surface area contributed by atoms with Crippen molar-refractivity contribution in [3.05, 3.63) is 78.8 Å². The first-order valence-electron chi connectivity index (χ1n) is 12.9. The van der Waals surface area contributed by atoms with Crippen LogP contribution in [0, 0.1) is 18.8 Å². The van der Waals surface area contributed by atoms with E-state index in [0.717, 1.165) is 78.1 Å². The van der Waals surface area contributed by atoms with E-state index in [1.54, 1.807) is 0 Å².